The number of nitrogens with zero attached hydrogens (tertiary/aromatic N) is 6. The first-order valence-electron chi connectivity index (χ1n) is 20.6. The molecule has 6 heterocycles. The van der Waals surface area contributed by atoms with Gasteiger partial charge in [0, 0.05) is 37.7 Å². The highest BCUT2D eigenvalue weighted by Crippen LogP contribution is 2.38. The minimum absolute atomic E-state index is 0.0278. The van der Waals surface area contributed by atoms with E-state index >= 15 is 0 Å². The number of amides is 4. The lowest BCUT2D eigenvalue weighted by Gasteiger charge is -2.28. The molecular weight excluding hydrogens is 785 g/mol. The van der Waals surface area contributed by atoms with Crippen LogP contribution in [0, 0.1) is 0 Å². The highest BCUT2D eigenvalue weighted by atomic mass is 16.5. The maximum absolute atomic E-state index is 13.8. The number of nitrogens with one attached hydrogen (secondary N) is 4. The molecule has 2 bridgehead atoms. The molecular formula is C43H50N10O8. The van der Waals surface area contributed by atoms with Gasteiger partial charge in [0.15, 0.2) is 0 Å². The van der Waals surface area contributed by atoms with E-state index in [9.17, 15) is 19.2 Å². The molecule has 320 valence electrons. The molecule has 4 atom stereocenters. The fourth-order valence-corrected chi connectivity index (χ4v) is 8.26. The standard InChI is InChI=1S/C43H50N10O8/c1-58-42(56)49-33(25-51-17-7-16-46-51)40(54)52-18-5-8-35(52)38-44-23-31(47-38)28-12-10-27(11-13-28)29-14-15-30-32-24-45-39(48-32)36-9-6-19-53(36)41(55)34(50-43(57)59-2)26-60-20-3-4-21-61-37(30)22-29/h7,10-17,22-24,33-36H,3-6,8-9,18-21,25-26H2,1-2H3,(H,44,47)(H,45,48)(H,49,56)(H,50,57)/t33-,34-,35-,36-/m0/s1. The number of alkyl carbamates (subject to hydrolysis) is 2. The highest BCUT2D eigenvalue weighted by Gasteiger charge is 2.38. The van der Waals surface area contributed by atoms with Crippen LogP contribution in [0.5, 0.6) is 5.75 Å². The molecule has 2 fully saturated rings. The smallest absolute Gasteiger partial charge is 0.407 e. The van der Waals surface area contributed by atoms with Crippen molar-refractivity contribution < 1.29 is 38.1 Å². The first-order chi connectivity index (χ1) is 29.8. The van der Waals surface area contributed by atoms with E-state index in [1.54, 1.807) is 45.3 Å². The zero-order chi connectivity index (χ0) is 42.3. The SMILES string of the molecule is COC(=O)N[C@@H](Cn1cccn1)C(=O)N1CCC[C@H]1c1ncc(-c2ccc(-c3ccc4c(c3)OCCCCOC[C@H](NC(=O)OC)C(=O)N3CCC[C@H]3c3ncc-4[nH]3)cc2)[nH]1. The maximum Gasteiger partial charge on any atom is 0.407 e. The molecule has 2 saturated heterocycles. The summed E-state index contributed by atoms with van der Waals surface area (Å²) >= 11 is 0. The lowest BCUT2D eigenvalue weighted by atomic mass is 10.00. The maximum atomic E-state index is 13.8. The van der Waals surface area contributed by atoms with Crippen molar-refractivity contribution in [3.63, 3.8) is 0 Å². The fraction of sp³-hybridized carbons (Fsp3) is 0.419. The van der Waals surface area contributed by atoms with Crippen molar-refractivity contribution in [3.8, 4) is 39.4 Å². The quantitative estimate of drug-likeness (QED) is 0.164. The van der Waals surface area contributed by atoms with Gasteiger partial charge in [0.2, 0.25) is 11.8 Å². The average molecular weight is 835 g/mol. The number of rotatable bonds is 8. The number of carbonyl (C=O) groups is 4. The largest absolute Gasteiger partial charge is 0.493 e. The number of carbonyl (C=O) groups excluding carboxylic acids is 4. The van der Waals surface area contributed by atoms with Gasteiger partial charge >= 0.3 is 12.2 Å². The van der Waals surface area contributed by atoms with Crippen LogP contribution in [0.25, 0.3) is 33.6 Å². The monoisotopic (exact) mass is 834 g/mol. The topological polar surface area (TPSA) is 211 Å². The lowest BCUT2D eigenvalue weighted by Crippen LogP contribution is -2.50. The second-order valence-electron chi connectivity index (χ2n) is 15.3. The van der Waals surface area contributed by atoms with Crippen LogP contribution in [-0.4, -0.2) is 123 Å². The van der Waals surface area contributed by atoms with Crippen molar-refractivity contribution in [2.75, 3.05) is 47.1 Å². The van der Waals surface area contributed by atoms with E-state index in [0.717, 1.165) is 59.3 Å². The Morgan fingerprint density at radius 3 is 2.34 bits per heavy atom. The number of ether oxygens (including phenoxy) is 4. The molecule has 5 aromatic rings. The third-order valence-electron chi connectivity index (χ3n) is 11.4. The van der Waals surface area contributed by atoms with Gasteiger partial charge in [0.25, 0.3) is 0 Å². The van der Waals surface area contributed by atoms with Crippen molar-refractivity contribution in [1.29, 1.82) is 0 Å². The first-order valence-corrected chi connectivity index (χ1v) is 20.6. The molecule has 2 aromatic carbocycles. The van der Waals surface area contributed by atoms with Crippen LogP contribution >= 0.6 is 0 Å². The molecule has 0 unspecified atom stereocenters. The number of imidazole rings is 2. The van der Waals surface area contributed by atoms with E-state index < -0.39 is 24.3 Å². The first kappa shape index (κ1) is 41.1. The molecule has 0 radical (unpaired) electrons. The molecule has 61 heavy (non-hydrogen) atoms. The summed E-state index contributed by atoms with van der Waals surface area (Å²) in [6, 6.07) is 13.7. The van der Waals surface area contributed by atoms with Gasteiger partial charge in [-0.15, -0.1) is 0 Å². The number of methoxy groups -OCH3 is 2. The van der Waals surface area contributed by atoms with Gasteiger partial charge in [-0.2, -0.15) is 5.10 Å². The Morgan fingerprint density at radius 2 is 1.56 bits per heavy atom. The summed E-state index contributed by atoms with van der Waals surface area (Å²) < 4.78 is 23.5. The van der Waals surface area contributed by atoms with Crippen molar-refractivity contribution in [2.45, 2.75) is 69.2 Å². The van der Waals surface area contributed by atoms with Crippen LogP contribution < -0.4 is 15.4 Å². The number of fused-ring (bicyclic) bond motifs is 6. The molecule has 3 aromatic heterocycles. The number of hydrogen-bond donors (Lipinski definition) is 4. The molecule has 18 nitrogen and oxygen atoms in total. The van der Waals surface area contributed by atoms with Gasteiger partial charge < -0.3 is 49.3 Å². The molecule has 0 spiro atoms. The molecule has 18 heteroatoms. The van der Waals surface area contributed by atoms with Crippen molar-refractivity contribution in [3.05, 3.63) is 85.0 Å². The van der Waals surface area contributed by atoms with Crippen LogP contribution in [0.2, 0.25) is 0 Å². The van der Waals surface area contributed by atoms with Crippen LogP contribution in [-0.2, 0) is 30.3 Å². The number of H-pyrrole nitrogens is 2. The molecule has 8 rings (SSSR count). The van der Waals surface area contributed by atoms with Crippen molar-refractivity contribution in [2.24, 2.45) is 0 Å². The Hall–Kier alpha value is -6.69. The van der Waals surface area contributed by atoms with Gasteiger partial charge in [-0.1, -0.05) is 30.3 Å². The van der Waals surface area contributed by atoms with E-state index in [0.29, 0.717) is 56.5 Å². The lowest BCUT2D eigenvalue weighted by molar-refractivity contribution is -0.136. The zero-order valence-electron chi connectivity index (χ0n) is 34.2. The van der Waals surface area contributed by atoms with Crippen LogP contribution in [0.15, 0.2) is 73.3 Å². The Labute approximate surface area is 352 Å². The summed E-state index contributed by atoms with van der Waals surface area (Å²) in [5.41, 5.74) is 5.33. The Morgan fingerprint density at radius 1 is 0.852 bits per heavy atom. The van der Waals surface area contributed by atoms with Gasteiger partial charge in [-0.05, 0) is 73.4 Å². The molecule has 3 aliphatic heterocycles. The summed E-state index contributed by atoms with van der Waals surface area (Å²) in [6.45, 7) is 2.10. The summed E-state index contributed by atoms with van der Waals surface area (Å²) in [4.78, 5) is 71.7. The Kier molecular flexibility index (Phi) is 12.6. The second-order valence-corrected chi connectivity index (χ2v) is 15.3. The number of aromatic nitrogens is 6. The van der Waals surface area contributed by atoms with Gasteiger partial charge in [-0.25, -0.2) is 19.6 Å². The Balaban J connectivity index is 0.990. The van der Waals surface area contributed by atoms with E-state index in [4.69, 9.17) is 28.9 Å². The molecule has 4 amide bonds. The third kappa shape index (κ3) is 9.23. The molecule has 3 aliphatic rings. The van der Waals surface area contributed by atoms with E-state index in [1.807, 2.05) is 30.3 Å². The molecule has 0 saturated carbocycles. The van der Waals surface area contributed by atoms with Crippen LogP contribution in [0.4, 0.5) is 9.59 Å². The minimum atomic E-state index is -0.881. The second kappa shape index (κ2) is 18.7. The molecule has 4 N–H and O–H groups in total. The summed E-state index contributed by atoms with van der Waals surface area (Å²) in [5, 5.41) is 9.53. The zero-order valence-corrected chi connectivity index (χ0v) is 34.2. The number of likely N-dealkylation sites (tertiary alicyclic amines) is 1. The van der Waals surface area contributed by atoms with Gasteiger partial charge in [0.1, 0.15) is 29.5 Å². The van der Waals surface area contributed by atoms with E-state index in [2.05, 4.69) is 37.8 Å². The van der Waals surface area contributed by atoms with Crippen LogP contribution in [0.3, 0.4) is 0 Å². The normalized spacial score (nSPS) is 20.0. The summed E-state index contributed by atoms with van der Waals surface area (Å²) in [5.74, 6) is 1.57. The number of hydrogen-bond acceptors (Lipinski definition) is 11. The van der Waals surface area contributed by atoms with E-state index in [1.165, 1.54) is 14.2 Å². The van der Waals surface area contributed by atoms with Crippen molar-refractivity contribution in [1.82, 2.24) is 50.1 Å². The highest BCUT2D eigenvalue weighted by molar-refractivity contribution is 5.87. The summed E-state index contributed by atoms with van der Waals surface area (Å²) in [7, 11) is 2.53. The predicted molar refractivity (Wildman–Crippen MR) is 221 cm³/mol. The number of aromatic amines is 2. The third-order valence-corrected chi connectivity index (χ3v) is 11.4. The number of benzene rings is 2. The van der Waals surface area contributed by atoms with Crippen molar-refractivity contribution >= 4 is 24.0 Å². The Bertz CT molecular complexity index is 2310. The molecule has 0 aliphatic carbocycles. The van der Waals surface area contributed by atoms with E-state index in [-0.39, 0.29) is 37.0 Å². The van der Waals surface area contributed by atoms with Gasteiger partial charge in [-0.3, -0.25) is 14.3 Å². The van der Waals surface area contributed by atoms with Gasteiger partial charge in [0.05, 0.1) is 69.8 Å². The minimum Gasteiger partial charge on any atom is -0.493 e. The predicted octanol–water partition coefficient (Wildman–Crippen LogP) is 5.00. The fourth-order valence-electron chi connectivity index (χ4n) is 8.26. The van der Waals surface area contributed by atoms with Crippen LogP contribution in [0.1, 0.15) is 62.3 Å². The summed E-state index contributed by atoms with van der Waals surface area (Å²) in [6.07, 6.45) is 10.00. The average Bonchev–Trinajstić information content (AvgIpc) is 4.14.